The van der Waals surface area contributed by atoms with Gasteiger partial charge in [0.25, 0.3) is 5.91 Å². The second-order valence-electron chi connectivity index (χ2n) is 10.6. The van der Waals surface area contributed by atoms with Gasteiger partial charge < -0.3 is 33.5 Å². The molecule has 0 atom stereocenters. The number of methoxy groups -OCH3 is 3. The number of carbonyl (C=O) groups excluding carboxylic acids is 1. The number of anilines is 1. The van der Waals surface area contributed by atoms with E-state index >= 15 is 0 Å². The van der Waals surface area contributed by atoms with Crippen LogP contribution in [-0.2, 0) is 19.6 Å². The topological polar surface area (TPSA) is 85.8 Å². The van der Waals surface area contributed by atoms with E-state index in [1.165, 1.54) is 11.3 Å². The van der Waals surface area contributed by atoms with Crippen molar-refractivity contribution in [3.8, 4) is 28.7 Å². The fourth-order valence-corrected chi connectivity index (χ4v) is 6.37. The number of hydrogen-bond donors (Lipinski definition) is 0. The number of nitrogens with zero attached hydrogens (tertiary/aromatic N) is 4. The zero-order valence-electron chi connectivity index (χ0n) is 25.2. The molecule has 44 heavy (non-hydrogen) atoms. The number of ether oxygens (including phenoxy) is 5. The Hall–Kier alpha value is -4.48. The fourth-order valence-electron chi connectivity index (χ4n) is 5.57. The highest BCUT2D eigenvalue weighted by atomic mass is 32.1. The third-order valence-corrected chi connectivity index (χ3v) is 8.69. The summed E-state index contributed by atoms with van der Waals surface area (Å²) in [5.41, 5.74) is 3.65. The Kier molecular flexibility index (Phi) is 9.04. The molecule has 0 saturated carbocycles. The summed E-state index contributed by atoms with van der Waals surface area (Å²) < 4.78 is 27.7. The Bertz CT molecular complexity index is 1600. The first-order chi connectivity index (χ1) is 21.5. The molecule has 11 heteroatoms. The van der Waals surface area contributed by atoms with Crippen LogP contribution in [-0.4, -0.2) is 75.0 Å². The quantitative estimate of drug-likeness (QED) is 0.230. The van der Waals surface area contributed by atoms with Crippen LogP contribution in [0.3, 0.4) is 0 Å². The summed E-state index contributed by atoms with van der Waals surface area (Å²) in [6.07, 6.45) is 0. The summed E-state index contributed by atoms with van der Waals surface area (Å²) >= 11 is 1.51. The third-order valence-electron chi connectivity index (χ3n) is 7.85. The standard InChI is InChI=1S/C33H36N4O6S/c1-39-25-10-9-24(30(17-25)41-3)19-35(18-23-8-11-29-31(16-23)43-22-42-29)20-32-34-26(21-44-32)33(38)37-14-12-36(13-15-37)27-6-4-5-7-28(27)40-2/h4-11,16-17,21H,12-15,18-20,22H2,1-3H3. The molecule has 4 aromatic rings. The normalized spacial score (nSPS) is 14.2. The molecule has 6 rings (SSSR count). The van der Waals surface area contributed by atoms with Gasteiger partial charge in [0, 0.05) is 56.3 Å². The van der Waals surface area contributed by atoms with E-state index in [2.05, 4.69) is 15.9 Å². The molecule has 0 bridgehead atoms. The average molecular weight is 617 g/mol. The van der Waals surface area contributed by atoms with E-state index in [1.807, 2.05) is 64.9 Å². The minimum Gasteiger partial charge on any atom is -0.497 e. The van der Waals surface area contributed by atoms with Gasteiger partial charge in [-0.3, -0.25) is 9.69 Å². The van der Waals surface area contributed by atoms with Gasteiger partial charge >= 0.3 is 0 Å². The Morgan fingerprint density at radius 1 is 0.864 bits per heavy atom. The van der Waals surface area contributed by atoms with E-state index in [1.54, 1.807) is 21.3 Å². The number of fused-ring (bicyclic) bond motifs is 1. The maximum absolute atomic E-state index is 13.5. The molecule has 2 aliphatic heterocycles. The minimum absolute atomic E-state index is 0.0358. The highest BCUT2D eigenvalue weighted by Crippen LogP contribution is 2.34. The van der Waals surface area contributed by atoms with Gasteiger partial charge in [-0.2, -0.15) is 0 Å². The van der Waals surface area contributed by atoms with Crippen LogP contribution in [0.1, 0.15) is 26.6 Å². The molecule has 0 N–H and O–H groups in total. The zero-order chi connectivity index (χ0) is 30.5. The monoisotopic (exact) mass is 616 g/mol. The number of carbonyl (C=O) groups is 1. The number of piperazine rings is 1. The molecule has 3 heterocycles. The van der Waals surface area contributed by atoms with Crippen LogP contribution in [0.5, 0.6) is 28.7 Å². The first-order valence-corrected chi connectivity index (χ1v) is 15.4. The van der Waals surface area contributed by atoms with Crippen molar-refractivity contribution in [3.05, 3.63) is 87.9 Å². The number of para-hydroxylation sites is 2. The predicted octanol–water partition coefficient (Wildman–Crippen LogP) is 5.06. The third kappa shape index (κ3) is 6.53. The van der Waals surface area contributed by atoms with Gasteiger partial charge in [-0.25, -0.2) is 4.98 Å². The average Bonchev–Trinajstić information content (AvgIpc) is 3.74. The Morgan fingerprint density at radius 3 is 2.45 bits per heavy atom. The number of hydrogen-bond acceptors (Lipinski definition) is 10. The summed E-state index contributed by atoms with van der Waals surface area (Å²) in [5.74, 6) is 3.80. The molecule has 0 spiro atoms. The SMILES string of the molecule is COc1ccc(CN(Cc2ccc3c(c2)OCO3)Cc2nc(C(=O)N3CCN(c4ccccc4OC)CC3)cs2)c(OC)c1. The summed E-state index contributed by atoms with van der Waals surface area (Å²) in [6.45, 7) is 4.75. The van der Waals surface area contributed by atoms with Gasteiger partial charge in [0.05, 0.1) is 33.6 Å². The smallest absolute Gasteiger partial charge is 0.273 e. The largest absolute Gasteiger partial charge is 0.497 e. The Morgan fingerprint density at radius 2 is 1.66 bits per heavy atom. The zero-order valence-corrected chi connectivity index (χ0v) is 26.0. The fraction of sp³-hybridized carbons (Fsp3) is 0.333. The van der Waals surface area contributed by atoms with Crippen LogP contribution in [0, 0.1) is 0 Å². The van der Waals surface area contributed by atoms with Crippen LogP contribution in [0.15, 0.2) is 66.0 Å². The molecule has 1 amide bonds. The van der Waals surface area contributed by atoms with E-state index in [0.717, 1.165) is 63.7 Å². The van der Waals surface area contributed by atoms with Crippen molar-refractivity contribution in [2.45, 2.75) is 19.6 Å². The van der Waals surface area contributed by atoms with Crippen LogP contribution < -0.4 is 28.6 Å². The maximum Gasteiger partial charge on any atom is 0.273 e. The lowest BCUT2D eigenvalue weighted by atomic mass is 10.1. The van der Waals surface area contributed by atoms with E-state index in [4.69, 9.17) is 28.7 Å². The molecule has 230 valence electrons. The second-order valence-corrected chi connectivity index (χ2v) is 11.5. The lowest BCUT2D eigenvalue weighted by Crippen LogP contribution is -2.49. The number of benzene rings is 3. The van der Waals surface area contributed by atoms with Crippen molar-refractivity contribution < 1.29 is 28.5 Å². The molecule has 2 aliphatic rings. The van der Waals surface area contributed by atoms with Gasteiger partial charge in [-0.05, 0) is 35.9 Å². The molecule has 1 fully saturated rings. The van der Waals surface area contributed by atoms with Crippen molar-refractivity contribution in [2.75, 3.05) is 59.2 Å². The highest BCUT2D eigenvalue weighted by Gasteiger charge is 2.26. The lowest BCUT2D eigenvalue weighted by Gasteiger charge is -2.36. The van der Waals surface area contributed by atoms with Gasteiger partial charge in [-0.15, -0.1) is 11.3 Å². The first-order valence-electron chi connectivity index (χ1n) is 14.5. The van der Waals surface area contributed by atoms with Crippen molar-refractivity contribution in [1.82, 2.24) is 14.8 Å². The maximum atomic E-state index is 13.5. The van der Waals surface area contributed by atoms with Crippen molar-refractivity contribution in [2.24, 2.45) is 0 Å². The predicted molar refractivity (Wildman–Crippen MR) is 168 cm³/mol. The molecule has 1 aromatic heterocycles. The molecule has 10 nitrogen and oxygen atoms in total. The van der Waals surface area contributed by atoms with Crippen LogP contribution >= 0.6 is 11.3 Å². The molecule has 0 aliphatic carbocycles. The number of aromatic nitrogens is 1. The van der Waals surface area contributed by atoms with Crippen molar-refractivity contribution in [3.63, 3.8) is 0 Å². The summed E-state index contributed by atoms with van der Waals surface area (Å²) in [4.78, 5) is 24.7. The number of rotatable bonds is 11. The van der Waals surface area contributed by atoms with E-state index < -0.39 is 0 Å². The minimum atomic E-state index is -0.0358. The number of amides is 1. The molecule has 0 radical (unpaired) electrons. The van der Waals surface area contributed by atoms with Gasteiger partial charge in [0.1, 0.15) is 28.0 Å². The van der Waals surface area contributed by atoms with Crippen molar-refractivity contribution in [1.29, 1.82) is 0 Å². The molecular weight excluding hydrogens is 580 g/mol. The molecular formula is C33H36N4O6S. The Balaban J connectivity index is 1.15. The highest BCUT2D eigenvalue weighted by molar-refractivity contribution is 7.09. The summed E-state index contributed by atoms with van der Waals surface area (Å²) in [6, 6.07) is 19.8. The van der Waals surface area contributed by atoms with Gasteiger partial charge in [0.15, 0.2) is 11.5 Å². The van der Waals surface area contributed by atoms with Crippen LogP contribution in [0.2, 0.25) is 0 Å². The second kappa shape index (κ2) is 13.4. The van der Waals surface area contributed by atoms with Crippen LogP contribution in [0.25, 0.3) is 0 Å². The molecule has 3 aromatic carbocycles. The van der Waals surface area contributed by atoms with Gasteiger partial charge in [-0.1, -0.05) is 24.3 Å². The summed E-state index contributed by atoms with van der Waals surface area (Å²) in [7, 11) is 4.99. The molecule has 1 saturated heterocycles. The van der Waals surface area contributed by atoms with Gasteiger partial charge in [0.2, 0.25) is 6.79 Å². The molecule has 0 unspecified atom stereocenters. The van der Waals surface area contributed by atoms with E-state index in [0.29, 0.717) is 38.4 Å². The van der Waals surface area contributed by atoms with Crippen molar-refractivity contribution >= 4 is 22.9 Å². The Labute approximate surface area is 261 Å². The summed E-state index contributed by atoms with van der Waals surface area (Å²) in [5, 5.41) is 2.74. The number of thiazole rings is 1. The van der Waals surface area contributed by atoms with E-state index in [-0.39, 0.29) is 12.7 Å². The van der Waals surface area contributed by atoms with Crippen LogP contribution in [0.4, 0.5) is 5.69 Å². The lowest BCUT2D eigenvalue weighted by molar-refractivity contribution is 0.0741. The first kappa shape index (κ1) is 29.6. The van der Waals surface area contributed by atoms with E-state index in [9.17, 15) is 4.79 Å².